The molecule has 0 spiro atoms. The quantitative estimate of drug-likeness (QED) is 0.762. The number of aromatic nitrogens is 2. The molecule has 1 atom stereocenters. The molecule has 26 heavy (non-hydrogen) atoms. The Morgan fingerprint density at radius 2 is 1.77 bits per heavy atom. The van der Waals surface area contributed by atoms with E-state index in [1.54, 1.807) is 43.3 Å². The van der Waals surface area contributed by atoms with Crippen molar-refractivity contribution in [3.63, 3.8) is 0 Å². The normalized spacial score (nSPS) is 11.8. The number of fused-ring (bicyclic) bond motifs is 1. The van der Waals surface area contributed by atoms with Gasteiger partial charge in [-0.3, -0.25) is 14.2 Å². The van der Waals surface area contributed by atoms with Gasteiger partial charge in [0.15, 0.2) is 0 Å². The number of nitrogens with zero attached hydrogens (tertiary/aromatic N) is 2. The minimum atomic E-state index is -0.739. The molecule has 0 fully saturated rings. The predicted octanol–water partition coefficient (Wildman–Crippen LogP) is 2.61. The Hall–Kier alpha value is -3.35. The Morgan fingerprint density at radius 3 is 2.42 bits per heavy atom. The topological polar surface area (TPSA) is 82.5 Å². The SMILES string of the molecule is COc1cc(NC(=O)C(C)n2cnc3ccccc3c2=O)cc(OC)c1. The molecule has 0 aliphatic carbocycles. The van der Waals surface area contributed by atoms with Crippen LogP contribution in [0, 0.1) is 0 Å². The van der Waals surface area contributed by atoms with Gasteiger partial charge in [-0.25, -0.2) is 4.98 Å². The number of amides is 1. The Balaban J connectivity index is 1.89. The van der Waals surface area contributed by atoms with E-state index in [9.17, 15) is 9.59 Å². The first-order chi connectivity index (χ1) is 12.5. The number of rotatable bonds is 5. The number of carbonyl (C=O) groups excluding carboxylic acids is 1. The van der Waals surface area contributed by atoms with Crippen molar-refractivity contribution >= 4 is 22.5 Å². The number of methoxy groups -OCH3 is 2. The summed E-state index contributed by atoms with van der Waals surface area (Å²) in [5.41, 5.74) is 0.847. The molecule has 1 heterocycles. The second-order valence-corrected chi connectivity index (χ2v) is 5.74. The molecule has 3 aromatic rings. The molecule has 0 aliphatic rings. The van der Waals surface area contributed by atoms with Crippen molar-refractivity contribution in [1.29, 1.82) is 0 Å². The average Bonchev–Trinajstić information content (AvgIpc) is 2.67. The van der Waals surface area contributed by atoms with Gasteiger partial charge in [-0.05, 0) is 19.1 Å². The van der Waals surface area contributed by atoms with Crippen LogP contribution in [0.25, 0.3) is 10.9 Å². The second-order valence-electron chi connectivity index (χ2n) is 5.74. The summed E-state index contributed by atoms with van der Waals surface area (Å²) in [4.78, 5) is 29.5. The van der Waals surface area contributed by atoms with Crippen LogP contribution >= 0.6 is 0 Å². The first kappa shape index (κ1) is 17.5. The number of ether oxygens (including phenoxy) is 2. The highest BCUT2D eigenvalue weighted by Gasteiger charge is 2.18. The van der Waals surface area contributed by atoms with E-state index in [1.165, 1.54) is 25.1 Å². The number of carbonyl (C=O) groups is 1. The van der Waals surface area contributed by atoms with E-state index < -0.39 is 6.04 Å². The van der Waals surface area contributed by atoms with E-state index in [4.69, 9.17) is 9.47 Å². The van der Waals surface area contributed by atoms with Crippen molar-refractivity contribution in [2.24, 2.45) is 0 Å². The zero-order valence-electron chi connectivity index (χ0n) is 14.7. The molecule has 0 aliphatic heterocycles. The molecular weight excluding hydrogens is 334 g/mol. The lowest BCUT2D eigenvalue weighted by molar-refractivity contribution is -0.118. The van der Waals surface area contributed by atoms with Gasteiger partial charge in [0.05, 0.1) is 31.4 Å². The van der Waals surface area contributed by atoms with Crippen LogP contribution in [0.15, 0.2) is 53.6 Å². The van der Waals surface area contributed by atoms with Crippen molar-refractivity contribution in [3.8, 4) is 11.5 Å². The fourth-order valence-electron chi connectivity index (χ4n) is 2.61. The maximum absolute atomic E-state index is 12.6. The number of nitrogens with one attached hydrogen (secondary N) is 1. The Labute approximate surface area is 150 Å². The van der Waals surface area contributed by atoms with Crippen molar-refractivity contribution in [1.82, 2.24) is 9.55 Å². The molecule has 1 aromatic heterocycles. The van der Waals surface area contributed by atoms with Crippen LogP contribution in [0.2, 0.25) is 0 Å². The maximum atomic E-state index is 12.6. The molecule has 3 rings (SSSR count). The standard InChI is InChI=1S/C19H19N3O4/c1-12(22-11-20-17-7-5-4-6-16(17)19(22)24)18(23)21-13-8-14(25-2)10-15(9-13)26-3/h4-12H,1-3H3,(H,21,23). The first-order valence-corrected chi connectivity index (χ1v) is 8.03. The third-order valence-corrected chi connectivity index (χ3v) is 4.11. The smallest absolute Gasteiger partial charge is 0.261 e. The summed E-state index contributed by atoms with van der Waals surface area (Å²) in [6.07, 6.45) is 1.39. The zero-order chi connectivity index (χ0) is 18.7. The molecule has 2 aromatic carbocycles. The van der Waals surface area contributed by atoms with Gasteiger partial charge in [-0.15, -0.1) is 0 Å². The van der Waals surface area contributed by atoms with Crippen molar-refractivity contribution < 1.29 is 14.3 Å². The summed E-state index contributed by atoms with van der Waals surface area (Å²) in [6.45, 7) is 1.64. The number of benzene rings is 2. The van der Waals surface area contributed by atoms with Crippen LogP contribution in [0.3, 0.4) is 0 Å². The van der Waals surface area contributed by atoms with E-state index in [1.807, 2.05) is 6.07 Å². The van der Waals surface area contributed by atoms with E-state index in [0.29, 0.717) is 28.1 Å². The van der Waals surface area contributed by atoms with Crippen molar-refractivity contribution in [3.05, 3.63) is 59.1 Å². The lowest BCUT2D eigenvalue weighted by Gasteiger charge is -2.16. The van der Waals surface area contributed by atoms with Crippen LogP contribution in [-0.2, 0) is 4.79 Å². The molecule has 1 unspecified atom stereocenters. The van der Waals surface area contributed by atoms with Crippen LogP contribution in [-0.4, -0.2) is 29.7 Å². The summed E-state index contributed by atoms with van der Waals surface area (Å²) in [5, 5.41) is 3.25. The average molecular weight is 353 g/mol. The molecular formula is C19H19N3O4. The van der Waals surface area contributed by atoms with Crippen LogP contribution in [0.4, 0.5) is 5.69 Å². The minimum absolute atomic E-state index is 0.263. The highest BCUT2D eigenvalue weighted by Crippen LogP contribution is 2.26. The van der Waals surface area contributed by atoms with Crippen LogP contribution in [0.5, 0.6) is 11.5 Å². The van der Waals surface area contributed by atoms with Gasteiger partial charge >= 0.3 is 0 Å². The summed E-state index contributed by atoms with van der Waals surface area (Å²) < 4.78 is 11.7. The van der Waals surface area contributed by atoms with Crippen molar-refractivity contribution in [2.75, 3.05) is 19.5 Å². The largest absolute Gasteiger partial charge is 0.497 e. The molecule has 1 amide bonds. The van der Waals surface area contributed by atoms with E-state index >= 15 is 0 Å². The molecule has 0 bridgehead atoms. The van der Waals surface area contributed by atoms with Crippen molar-refractivity contribution in [2.45, 2.75) is 13.0 Å². The fraction of sp³-hybridized carbons (Fsp3) is 0.211. The Kier molecular flexibility index (Phi) is 4.88. The maximum Gasteiger partial charge on any atom is 0.261 e. The van der Waals surface area contributed by atoms with E-state index in [-0.39, 0.29) is 11.5 Å². The van der Waals surface area contributed by atoms with E-state index in [2.05, 4.69) is 10.3 Å². The Bertz CT molecular complexity index is 991. The third-order valence-electron chi connectivity index (χ3n) is 4.11. The first-order valence-electron chi connectivity index (χ1n) is 8.03. The fourth-order valence-corrected chi connectivity index (χ4v) is 2.61. The number of anilines is 1. The molecule has 7 nitrogen and oxygen atoms in total. The molecule has 7 heteroatoms. The lowest BCUT2D eigenvalue weighted by Crippen LogP contribution is -2.31. The van der Waals surface area contributed by atoms with Crippen LogP contribution in [0.1, 0.15) is 13.0 Å². The van der Waals surface area contributed by atoms with Gasteiger partial charge < -0.3 is 14.8 Å². The number of hydrogen-bond acceptors (Lipinski definition) is 5. The lowest BCUT2D eigenvalue weighted by atomic mass is 10.2. The Morgan fingerprint density at radius 1 is 1.12 bits per heavy atom. The van der Waals surface area contributed by atoms with E-state index in [0.717, 1.165) is 0 Å². The molecule has 0 radical (unpaired) electrons. The summed E-state index contributed by atoms with van der Waals surface area (Å²) in [7, 11) is 3.06. The summed E-state index contributed by atoms with van der Waals surface area (Å²) >= 11 is 0. The number of para-hydroxylation sites is 1. The van der Waals surface area contributed by atoms with Gasteiger partial charge in [0.2, 0.25) is 5.91 Å². The van der Waals surface area contributed by atoms with Gasteiger partial charge in [0.25, 0.3) is 5.56 Å². The van der Waals surface area contributed by atoms with Gasteiger partial charge in [0, 0.05) is 23.9 Å². The highest BCUT2D eigenvalue weighted by molar-refractivity contribution is 5.94. The van der Waals surface area contributed by atoms with Gasteiger partial charge in [-0.1, -0.05) is 12.1 Å². The van der Waals surface area contributed by atoms with Crippen LogP contribution < -0.4 is 20.3 Å². The molecule has 134 valence electrons. The molecule has 0 saturated heterocycles. The second kappa shape index (κ2) is 7.26. The molecule has 0 saturated carbocycles. The monoisotopic (exact) mass is 353 g/mol. The highest BCUT2D eigenvalue weighted by atomic mass is 16.5. The minimum Gasteiger partial charge on any atom is -0.497 e. The number of hydrogen-bond donors (Lipinski definition) is 1. The predicted molar refractivity (Wildman–Crippen MR) is 98.9 cm³/mol. The summed E-state index contributed by atoms with van der Waals surface area (Å²) in [5.74, 6) is 0.758. The molecule has 1 N–H and O–H groups in total. The van der Waals surface area contributed by atoms with Gasteiger partial charge in [0.1, 0.15) is 17.5 Å². The summed E-state index contributed by atoms with van der Waals surface area (Å²) in [6, 6.07) is 11.3. The van der Waals surface area contributed by atoms with Gasteiger partial charge in [-0.2, -0.15) is 0 Å². The third kappa shape index (κ3) is 3.37. The zero-order valence-corrected chi connectivity index (χ0v) is 14.7.